The Hall–Kier alpha value is -2.01. The van der Waals surface area contributed by atoms with Crippen LogP contribution in [0.3, 0.4) is 0 Å². The van der Waals surface area contributed by atoms with Crippen LogP contribution < -0.4 is 15.4 Å². The van der Waals surface area contributed by atoms with E-state index in [2.05, 4.69) is 35.1 Å². The van der Waals surface area contributed by atoms with E-state index in [1.807, 2.05) is 18.2 Å². The number of hydrogen-bond acceptors (Lipinski definition) is 3. The van der Waals surface area contributed by atoms with Crippen LogP contribution in [0.2, 0.25) is 0 Å². The van der Waals surface area contributed by atoms with E-state index in [1.54, 1.807) is 6.08 Å². The van der Waals surface area contributed by atoms with Crippen molar-refractivity contribution in [2.75, 3.05) is 26.2 Å². The van der Waals surface area contributed by atoms with Crippen molar-refractivity contribution in [3.63, 3.8) is 0 Å². The van der Waals surface area contributed by atoms with Crippen LogP contribution in [0, 0.1) is 0 Å². The molecule has 2 fully saturated rings. The van der Waals surface area contributed by atoms with Crippen molar-refractivity contribution in [2.24, 2.45) is 4.99 Å². The second-order valence-corrected chi connectivity index (χ2v) is 7.09. The summed E-state index contributed by atoms with van der Waals surface area (Å²) in [7, 11) is 0. The van der Waals surface area contributed by atoms with E-state index in [9.17, 15) is 0 Å². The van der Waals surface area contributed by atoms with Crippen LogP contribution in [0.25, 0.3) is 0 Å². The van der Waals surface area contributed by atoms with Crippen LogP contribution in [0.1, 0.15) is 38.2 Å². The van der Waals surface area contributed by atoms with Crippen LogP contribution in [-0.2, 0) is 6.54 Å². The van der Waals surface area contributed by atoms with Gasteiger partial charge in [0, 0.05) is 37.3 Å². The van der Waals surface area contributed by atoms with Crippen molar-refractivity contribution in [1.82, 2.24) is 15.5 Å². The van der Waals surface area contributed by atoms with Crippen molar-refractivity contribution < 1.29 is 4.74 Å². The quantitative estimate of drug-likeness (QED) is 0.427. The highest BCUT2D eigenvalue weighted by atomic mass is 16.5. The number of nitrogens with zero attached hydrogens (tertiary/aromatic N) is 2. The summed E-state index contributed by atoms with van der Waals surface area (Å²) < 4.78 is 5.73. The predicted octanol–water partition coefficient (Wildman–Crippen LogP) is 2.93. The van der Waals surface area contributed by atoms with Crippen LogP contribution in [-0.4, -0.2) is 49.2 Å². The lowest BCUT2D eigenvalue weighted by atomic mass is 10.1. The molecule has 0 aromatic heterocycles. The van der Waals surface area contributed by atoms with Gasteiger partial charge in [0.25, 0.3) is 0 Å². The maximum atomic E-state index is 5.73. The van der Waals surface area contributed by atoms with E-state index >= 15 is 0 Å². The van der Waals surface area contributed by atoms with E-state index in [0.717, 1.165) is 29.9 Å². The maximum absolute atomic E-state index is 5.73. The summed E-state index contributed by atoms with van der Waals surface area (Å²) >= 11 is 0. The highest BCUT2D eigenvalue weighted by Gasteiger charge is 2.31. The fourth-order valence-corrected chi connectivity index (χ4v) is 3.45. The van der Waals surface area contributed by atoms with Gasteiger partial charge in [-0.05, 0) is 38.7 Å². The molecular formula is C21H32N4O. The van der Waals surface area contributed by atoms with Gasteiger partial charge in [-0.3, -0.25) is 0 Å². The SMILES string of the molecule is C=CCOc1ccccc1CN=C(NCC)NC1CCN(C2CC2)CC1. The van der Waals surface area contributed by atoms with E-state index in [-0.39, 0.29) is 0 Å². The maximum Gasteiger partial charge on any atom is 0.191 e. The number of aliphatic imine (C=N–C) groups is 1. The molecule has 2 aliphatic rings. The number of nitrogens with one attached hydrogen (secondary N) is 2. The molecule has 1 aliphatic carbocycles. The highest BCUT2D eigenvalue weighted by molar-refractivity contribution is 5.80. The molecule has 0 unspecified atom stereocenters. The van der Waals surface area contributed by atoms with Crippen molar-refractivity contribution in [1.29, 1.82) is 0 Å². The van der Waals surface area contributed by atoms with Crippen LogP contribution in [0.4, 0.5) is 0 Å². The first-order valence-electron chi connectivity index (χ1n) is 9.90. The van der Waals surface area contributed by atoms with Gasteiger partial charge >= 0.3 is 0 Å². The van der Waals surface area contributed by atoms with Gasteiger partial charge in [-0.1, -0.05) is 30.9 Å². The standard InChI is InChI=1S/C21H32N4O/c1-3-15-26-20-8-6-5-7-17(20)16-23-21(22-4-2)24-18-11-13-25(14-12-18)19-9-10-19/h3,5-8,18-19H,1,4,9-16H2,2H3,(H2,22,23,24). The Bertz CT molecular complexity index is 604. The summed E-state index contributed by atoms with van der Waals surface area (Å²) in [6, 6.07) is 9.46. The fourth-order valence-electron chi connectivity index (χ4n) is 3.45. The van der Waals surface area contributed by atoms with Gasteiger partial charge in [-0.2, -0.15) is 0 Å². The summed E-state index contributed by atoms with van der Waals surface area (Å²) in [5.74, 6) is 1.78. The predicted molar refractivity (Wildman–Crippen MR) is 108 cm³/mol. The molecule has 5 nitrogen and oxygen atoms in total. The number of piperidine rings is 1. The lowest BCUT2D eigenvalue weighted by Crippen LogP contribution is -2.49. The number of benzene rings is 1. The normalized spacial score (nSPS) is 19.2. The molecular weight excluding hydrogens is 324 g/mol. The van der Waals surface area contributed by atoms with Gasteiger partial charge < -0.3 is 20.3 Å². The molecule has 1 aliphatic heterocycles. The zero-order valence-electron chi connectivity index (χ0n) is 15.9. The van der Waals surface area contributed by atoms with Crippen LogP contribution >= 0.6 is 0 Å². The molecule has 1 heterocycles. The number of guanidine groups is 1. The van der Waals surface area contributed by atoms with Gasteiger partial charge in [0.2, 0.25) is 0 Å². The Kier molecular flexibility index (Phi) is 6.95. The summed E-state index contributed by atoms with van der Waals surface area (Å²) in [5.41, 5.74) is 1.09. The Morgan fingerprint density at radius 1 is 1.27 bits per heavy atom. The Morgan fingerprint density at radius 3 is 2.73 bits per heavy atom. The molecule has 1 saturated heterocycles. The van der Waals surface area contributed by atoms with Gasteiger partial charge in [0.1, 0.15) is 12.4 Å². The smallest absolute Gasteiger partial charge is 0.191 e. The lowest BCUT2D eigenvalue weighted by Gasteiger charge is -2.33. The van der Waals surface area contributed by atoms with Gasteiger partial charge in [0.15, 0.2) is 5.96 Å². The molecule has 142 valence electrons. The van der Waals surface area contributed by atoms with Gasteiger partial charge in [-0.25, -0.2) is 4.99 Å². The zero-order valence-corrected chi connectivity index (χ0v) is 15.9. The summed E-state index contributed by atoms with van der Waals surface area (Å²) in [6.07, 6.45) is 6.95. The third kappa shape index (κ3) is 5.49. The van der Waals surface area contributed by atoms with Crippen molar-refractivity contribution >= 4 is 5.96 Å². The molecule has 0 atom stereocenters. The first-order valence-corrected chi connectivity index (χ1v) is 9.90. The van der Waals surface area contributed by atoms with E-state index in [4.69, 9.17) is 9.73 Å². The minimum absolute atomic E-state index is 0.509. The van der Waals surface area contributed by atoms with E-state index < -0.39 is 0 Å². The minimum Gasteiger partial charge on any atom is -0.489 e. The molecule has 2 N–H and O–H groups in total. The van der Waals surface area contributed by atoms with Crippen molar-refractivity contribution in [3.8, 4) is 5.75 Å². The number of para-hydroxylation sites is 1. The monoisotopic (exact) mass is 356 g/mol. The van der Waals surface area contributed by atoms with E-state index in [0.29, 0.717) is 19.2 Å². The molecule has 1 aromatic carbocycles. The van der Waals surface area contributed by atoms with Crippen LogP contribution in [0.15, 0.2) is 41.9 Å². The lowest BCUT2D eigenvalue weighted by molar-refractivity contribution is 0.197. The fraction of sp³-hybridized carbons (Fsp3) is 0.571. The zero-order chi connectivity index (χ0) is 18.2. The molecule has 0 radical (unpaired) electrons. The average Bonchev–Trinajstić information content (AvgIpc) is 3.51. The molecule has 5 heteroatoms. The summed E-state index contributed by atoms with van der Waals surface area (Å²) in [4.78, 5) is 7.44. The first kappa shape index (κ1) is 18.8. The second kappa shape index (κ2) is 9.62. The third-order valence-corrected chi connectivity index (χ3v) is 5.01. The minimum atomic E-state index is 0.509. The molecule has 0 amide bonds. The molecule has 3 rings (SSSR count). The number of rotatable bonds is 8. The second-order valence-electron chi connectivity index (χ2n) is 7.09. The summed E-state index contributed by atoms with van der Waals surface area (Å²) in [5, 5.41) is 7.00. The van der Waals surface area contributed by atoms with Crippen molar-refractivity contribution in [3.05, 3.63) is 42.5 Å². The Balaban J connectivity index is 1.56. The van der Waals surface area contributed by atoms with Gasteiger partial charge in [-0.15, -0.1) is 0 Å². The highest BCUT2D eigenvalue weighted by Crippen LogP contribution is 2.29. The van der Waals surface area contributed by atoms with Crippen molar-refractivity contribution in [2.45, 2.75) is 51.2 Å². The average molecular weight is 357 g/mol. The van der Waals surface area contributed by atoms with E-state index in [1.165, 1.54) is 38.8 Å². The Morgan fingerprint density at radius 2 is 2.04 bits per heavy atom. The van der Waals surface area contributed by atoms with Gasteiger partial charge in [0.05, 0.1) is 6.54 Å². The molecule has 0 spiro atoms. The third-order valence-electron chi connectivity index (χ3n) is 5.01. The molecule has 1 saturated carbocycles. The molecule has 0 bridgehead atoms. The topological polar surface area (TPSA) is 48.9 Å². The summed E-state index contributed by atoms with van der Waals surface area (Å²) in [6.45, 7) is 10.2. The van der Waals surface area contributed by atoms with Crippen LogP contribution in [0.5, 0.6) is 5.75 Å². The number of ether oxygens (including phenoxy) is 1. The number of hydrogen-bond donors (Lipinski definition) is 2. The molecule has 26 heavy (non-hydrogen) atoms. The first-order chi connectivity index (χ1) is 12.8. The Labute approximate surface area is 157 Å². The molecule has 1 aromatic rings. The number of likely N-dealkylation sites (tertiary alicyclic amines) is 1. The largest absolute Gasteiger partial charge is 0.489 e.